The van der Waals surface area contributed by atoms with E-state index in [-0.39, 0.29) is 11.9 Å². The first-order chi connectivity index (χ1) is 15.9. The molecular weight excluding hydrogens is 435 g/mol. The molecule has 0 saturated carbocycles. The van der Waals surface area contributed by atoms with Crippen molar-refractivity contribution in [2.24, 2.45) is 9.98 Å². The second kappa shape index (κ2) is 11.9. The zero-order valence-corrected chi connectivity index (χ0v) is 20.6. The minimum atomic E-state index is -0.245. The fourth-order valence-corrected chi connectivity index (χ4v) is 4.00. The molecule has 1 unspecified atom stereocenters. The Kier molecular flexibility index (Phi) is 9.02. The van der Waals surface area contributed by atoms with Gasteiger partial charge in [-0.25, -0.2) is 9.38 Å². The normalized spacial score (nSPS) is 16.8. The van der Waals surface area contributed by atoms with Crippen molar-refractivity contribution in [3.63, 3.8) is 0 Å². The van der Waals surface area contributed by atoms with Crippen LogP contribution >= 0.6 is 11.6 Å². The van der Waals surface area contributed by atoms with Crippen LogP contribution in [0.2, 0.25) is 5.02 Å². The average Bonchev–Trinajstić information content (AvgIpc) is 2.81. The zero-order chi connectivity index (χ0) is 23.8. The van der Waals surface area contributed by atoms with Gasteiger partial charge in [0.2, 0.25) is 0 Å². The van der Waals surface area contributed by atoms with Gasteiger partial charge in [-0.15, -0.1) is 0 Å². The molecule has 1 heterocycles. The molecule has 0 bridgehead atoms. The molecule has 174 valence electrons. The van der Waals surface area contributed by atoms with Crippen LogP contribution in [0, 0.1) is 12.7 Å². The Labute approximate surface area is 201 Å². The lowest BCUT2D eigenvalue weighted by molar-refractivity contribution is 0.220. The SMILES string of the molecule is CCC=C(CCN=C(C)C1=CC(CC)OC(Cc2ccccc2F)=N1)c1cc(Cl)ccc1C. The Balaban J connectivity index is 1.75. The number of allylic oxidation sites excluding steroid dienone is 2. The van der Waals surface area contributed by atoms with Crippen LogP contribution < -0.4 is 0 Å². The van der Waals surface area contributed by atoms with Crippen LogP contribution in [-0.4, -0.2) is 24.3 Å². The molecule has 0 aliphatic carbocycles. The average molecular weight is 467 g/mol. The number of nitrogens with zero attached hydrogens (tertiary/aromatic N) is 2. The molecule has 0 aromatic heterocycles. The number of benzene rings is 2. The van der Waals surface area contributed by atoms with Gasteiger partial charge in [0.15, 0.2) is 5.90 Å². The summed E-state index contributed by atoms with van der Waals surface area (Å²) in [5, 5.41) is 0.743. The lowest BCUT2D eigenvalue weighted by Gasteiger charge is -2.22. The van der Waals surface area contributed by atoms with Gasteiger partial charge in [0.25, 0.3) is 0 Å². The molecule has 5 heteroatoms. The van der Waals surface area contributed by atoms with E-state index in [2.05, 4.69) is 37.9 Å². The molecule has 3 nitrogen and oxygen atoms in total. The topological polar surface area (TPSA) is 34.0 Å². The van der Waals surface area contributed by atoms with Crippen LogP contribution in [0.15, 0.2) is 70.3 Å². The summed E-state index contributed by atoms with van der Waals surface area (Å²) >= 11 is 6.24. The highest BCUT2D eigenvalue weighted by atomic mass is 35.5. The van der Waals surface area contributed by atoms with E-state index >= 15 is 0 Å². The van der Waals surface area contributed by atoms with E-state index in [0.29, 0.717) is 24.4 Å². The number of aryl methyl sites for hydroxylation is 1. The van der Waals surface area contributed by atoms with Crippen molar-refractivity contribution >= 4 is 28.8 Å². The van der Waals surface area contributed by atoms with Crippen LogP contribution in [0.1, 0.15) is 56.7 Å². The second-order valence-electron chi connectivity index (χ2n) is 8.20. The van der Waals surface area contributed by atoms with Crippen LogP contribution in [0.4, 0.5) is 4.39 Å². The molecule has 0 radical (unpaired) electrons. The van der Waals surface area contributed by atoms with Crippen LogP contribution in [0.3, 0.4) is 0 Å². The summed E-state index contributed by atoms with van der Waals surface area (Å²) in [7, 11) is 0. The third kappa shape index (κ3) is 6.88. The minimum absolute atomic E-state index is 0.0888. The summed E-state index contributed by atoms with van der Waals surface area (Å²) in [6, 6.07) is 12.7. The predicted octanol–water partition coefficient (Wildman–Crippen LogP) is 7.77. The van der Waals surface area contributed by atoms with Crippen LogP contribution in [0.5, 0.6) is 0 Å². The van der Waals surface area contributed by atoms with Gasteiger partial charge < -0.3 is 4.74 Å². The number of hydrogen-bond acceptors (Lipinski definition) is 3. The van der Waals surface area contributed by atoms with Gasteiger partial charge in [0.1, 0.15) is 11.9 Å². The number of ether oxygens (including phenoxy) is 1. The van der Waals surface area contributed by atoms with E-state index in [4.69, 9.17) is 21.3 Å². The van der Waals surface area contributed by atoms with E-state index in [1.807, 2.05) is 31.2 Å². The van der Waals surface area contributed by atoms with E-state index in [1.54, 1.807) is 12.1 Å². The van der Waals surface area contributed by atoms with Crippen molar-refractivity contribution in [2.45, 2.75) is 59.5 Å². The fraction of sp³-hybridized carbons (Fsp3) is 0.357. The summed E-state index contributed by atoms with van der Waals surface area (Å²) in [4.78, 5) is 9.47. The fourth-order valence-electron chi connectivity index (χ4n) is 3.83. The quantitative estimate of drug-likeness (QED) is 0.347. The van der Waals surface area contributed by atoms with Crippen molar-refractivity contribution < 1.29 is 9.13 Å². The van der Waals surface area contributed by atoms with Gasteiger partial charge >= 0.3 is 0 Å². The molecule has 0 fully saturated rings. The van der Waals surface area contributed by atoms with Crippen molar-refractivity contribution in [1.29, 1.82) is 0 Å². The molecule has 0 amide bonds. The zero-order valence-electron chi connectivity index (χ0n) is 19.9. The van der Waals surface area contributed by atoms with E-state index in [1.165, 1.54) is 22.8 Å². The molecule has 33 heavy (non-hydrogen) atoms. The second-order valence-corrected chi connectivity index (χ2v) is 8.64. The van der Waals surface area contributed by atoms with Gasteiger partial charge in [0.05, 0.1) is 17.8 Å². The third-order valence-electron chi connectivity index (χ3n) is 5.68. The summed E-state index contributed by atoms with van der Waals surface area (Å²) in [5.74, 6) is 0.282. The van der Waals surface area contributed by atoms with Gasteiger partial charge in [-0.3, -0.25) is 4.99 Å². The molecule has 2 aromatic rings. The van der Waals surface area contributed by atoms with E-state index in [0.717, 1.165) is 35.7 Å². The molecule has 1 aliphatic heterocycles. The molecule has 3 rings (SSSR count). The number of aliphatic imine (C=N–C) groups is 2. The van der Waals surface area contributed by atoms with Crippen molar-refractivity contribution in [3.8, 4) is 0 Å². The number of rotatable bonds is 9. The van der Waals surface area contributed by atoms with Crippen molar-refractivity contribution in [3.05, 3.63) is 87.8 Å². The Hall–Kier alpha value is -2.72. The Bertz CT molecular complexity index is 1100. The number of halogens is 2. The predicted molar refractivity (Wildman–Crippen MR) is 138 cm³/mol. The largest absolute Gasteiger partial charge is 0.473 e. The Morgan fingerprint density at radius 3 is 2.73 bits per heavy atom. The lowest BCUT2D eigenvalue weighted by Crippen LogP contribution is -2.23. The Morgan fingerprint density at radius 1 is 1.21 bits per heavy atom. The molecule has 1 atom stereocenters. The maximum absolute atomic E-state index is 14.1. The van der Waals surface area contributed by atoms with Gasteiger partial charge in [0, 0.05) is 11.6 Å². The van der Waals surface area contributed by atoms with E-state index in [9.17, 15) is 4.39 Å². The minimum Gasteiger partial charge on any atom is -0.473 e. The smallest absolute Gasteiger partial charge is 0.193 e. The first-order valence-electron chi connectivity index (χ1n) is 11.6. The molecule has 2 aromatic carbocycles. The van der Waals surface area contributed by atoms with Gasteiger partial charge in [-0.1, -0.05) is 55.8 Å². The lowest BCUT2D eigenvalue weighted by atomic mass is 9.97. The summed E-state index contributed by atoms with van der Waals surface area (Å²) in [6.45, 7) is 8.93. The highest BCUT2D eigenvalue weighted by Gasteiger charge is 2.19. The van der Waals surface area contributed by atoms with Crippen molar-refractivity contribution in [2.75, 3.05) is 6.54 Å². The molecule has 0 N–H and O–H groups in total. The highest BCUT2D eigenvalue weighted by Crippen LogP contribution is 2.26. The summed E-state index contributed by atoms with van der Waals surface area (Å²) in [6.07, 6.45) is 7.07. The molecular formula is C28H32ClFN2O. The van der Waals surface area contributed by atoms with Crippen LogP contribution in [0.25, 0.3) is 5.57 Å². The van der Waals surface area contributed by atoms with Crippen LogP contribution in [-0.2, 0) is 11.2 Å². The monoisotopic (exact) mass is 466 g/mol. The first-order valence-corrected chi connectivity index (χ1v) is 12.0. The third-order valence-corrected chi connectivity index (χ3v) is 5.91. The van der Waals surface area contributed by atoms with E-state index < -0.39 is 0 Å². The maximum Gasteiger partial charge on any atom is 0.193 e. The molecule has 1 aliphatic rings. The Morgan fingerprint density at radius 2 is 2.00 bits per heavy atom. The molecule has 0 saturated heterocycles. The van der Waals surface area contributed by atoms with Crippen molar-refractivity contribution in [1.82, 2.24) is 0 Å². The molecule has 0 spiro atoms. The maximum atomic E-state index is 14.1. The number of hydrogen-bond donors (Lipinski definition) is 0. The standard InChI is InChI=1S/C28H32ClFN2O/c1-5-9-21(25-17-23(29)13-12-19(25)3)14-15-31-20(4)27-18-24(6-2)33-28(32-27)16-22-10-7-8-11-26(22)30/h7-13,17-18,24H,5-6,14-16H2,1-4H3. The first kappa shape index (κ1) is 24.9. The van der Waals surface area contributed by atoms with Gasteiger partial charge in [-0.05, 0) is 79.6 Å². The highest BCUT2D eigenvalue weighted by molar-refractivity contribution is 6.30. The summed E-state index contributed by atoms with van der Waals surface area (Å²) < 4.78 is 20.1. The van der Waals surface area contributed by atoms with Gasteiger partial charge in [-0.2, -0.15) is 0 Å². The summed E-state index contributed by atoms with van der Waals surface area (Å²) in [5.41, 5.74) is 5.89.